The summed E-state index contributed by atoms with van der Waals surface area (Å²) in [5.41, 5.74) is 2.19. The molecule has 1 aromatic carbocycles. The topological polar surface area (TPSA) is 112 Å². The minimum Gasteiger partial charge on any atom is -0.434 e. The van der Waals surface area contributed by atoms with E-state index in [1.54, 1.807) is 29.8 Å². The number of hydrogen-bond donors (Lipinski definition) is 1. The average molecular weight is 527 g/mol. The third kappa shape index (κ3) is 4.75. The Bertz CT molecular complexity index is 1600. The van der Waals surface area contributed by atoms with Crippen LogP contribution in [0.4, 0.5) is 21.7 Å². The van der Waals surface area contributed by atoms with Crippen molar-refractivity contribution >= 4 is 34.1 Å². The van der Waals surface area contributed by atoms with Crippen LogP contribution in [0.5, 0.6) is 11.6 Å². The molecule has 39 heavy (non-hydrogen) atoms. The molecule has 0 unspecified atom stereocenters. The maximum Gasteiger partial charge on any atom is 0.242 e. The third-order valence-electron chi connectivity index (χ3n) is 7.21. The number of piperazine rings is 1. The zero-order valence-electron chi connectivity index (χ0n) is 21.7. The van der Waals surface area contributed by atoms with E-state index in [-0.39, 0.29) is 40.2 Å². The molecule has 1 aliphatic carbocycles. The summed E-state index contributed by atoms with van der Waals surface area (Å²) in [6.07, 6.45) is 4.74. The van der Waals surface area contributed by atoms with Gasteiger partial charge in [-0.1, -0.05) is 0 Å². The Morgan fingerprint density at radius 2 is 1.92 bits per heavy atom. The standard InChI is InChI=1S/C28H27FN8O2/c1-17-13-20-22(37(17)28(38)18-3-4-18)6-7-23(25(20)29)39-27-21(14-30)26(32-16-33-27)34-24-8-5-19(15-31-24)36-11-9-35(2)10-12-36/h5-8,13,15-16,18H,3-4,9-12H2,1-2H3,(H,31,32,33,34). The molecular formula is C28H27FN8O2. The first-order valence-corrected chi connectivity index (χ1v) is 12.9. The molecular weight excluding hydrogens is 499 g/mol. The number of ether oxygens (including phenoxy) is 1. The van der Waals surface area contributed by atoms with E-state index in [0.29, 0.717) is 17.0 Å². The fourth-order valence-corrected chi connectivity index (χ4v) is 4.82. The summed E-state index contributed by atoms with van der Waals surface area (Å²) in [6, 6.07) is 10.6. The Morgan fingerprint density at radius 3 is 2.62 bits per heavy atom. The highest BCUT2D eigenvalue weighted by molar-refractivity contribution is 5.96. The Morgan fingerprint density at radius 1 is 1.13 bits per heavy atom. The van der Waals surface area contributed by atoms with E-state index in [0.717, 1.165) is 44.7 Å². The Hall–Kier alpha value is -4.56. The van der Waals surface area contributed by atoms with Gasteiger partial charge in [-0.15, -0.1) is 0 Å². The number of halogens is 1. The summed E-state index contributed by atoms with van der Waals surface area (Å²) in [4.78, 5) is 30.0. The molecule has 2 fully saturated rings. The number of anilines is 3. The van der Waals surface area contributed by atoms with E-state index in [4.69, 9.17) is 4.74 Å². The largest absolute Gasteiger partial charge is 0.434 e. The van der Waals surface area contributed by atoms with Gasteiger partial charge in [0.05, 0.1) is 17.4 Å². The van der Waals surface area contributed by atoms with E-state index >= 15 is 4.39 Å². The van der Waals surface area contributed by atoms with Gasteiger partial charge in [0, 0.05) is 43.2 Å². The van der Waals surface area contributed by atoms with Crippen molar-refractivity contribution in [1.82, 2.24) is 24.4 Å². The van der Waals surface area contributed by atoms with Crippen LogP contribution in [0.25, 0.3) is 10.9 Å². The lowest BCUT2D eigenvalue weighted by atomic mass is 10.2. The predicted octanol–water partition coefficient (Wildman–Crippen LogP) is 4.48. The second-order valence-corrected chi connectivity index (χ2v) is 9.98. The number of carbonyl (C=O) groups excluding carboxylic acids is 1. The normalized spacial score (nSPS) is 15.8. The first kappa shape index (κ1) is 24.8. The number of nitrogens with one attached hydrogen (secondary N) is 1. The maximum atomic E-state index is 15.5. The number of pyridine rings is 1. The van der Waals surface area contributed by atoms with Crippen LogP contribution in [0.3, 0.4) is 0 Å². The average Bonchev–Trinajstić information content (AvgIpc) is 3.74. The number of likely N-dealkylation sites (N-methyl/N-ethyl adjacent to an activating group) is 1. The number of benzene rings is 1. The number of aryl methyl sites for hydroxylation is 1. The molecule has 6 rings (SSSR count). The van der Waals surface area contributed by atoms with E-state index in [9.17, 15) is 10.1 Å². The van der Waals surface area contributed by atoms with Gasteiger partial charge in [0.15, 0.2) is 22.9 Å². The number of rotatable bonds is 6. The molecule has 0 radical (unpaired) electrons. The van der Waals surface area contributed by atoms with Crippen LogP contribution in [-0.4, -0.2) is 63.6 Å². The zero-order chi connectivity index (χ0) is 27.1. The quantitative estimate of drug-likeness (QED) is 0.388. The van der Waals surface area contributed by atoms with Crippen LogP contribution >= 0.6 is 0 Å². The lowest BCUT2D eigenvalue weighted by molar-refractivity contribution is 0.0889. The van der Waals surface area contributed by atoms with Crippen molar-refractivity contribution in [3.63, 3.8) is 0 Å². The first-order valence-electron chi connectivity index (χ1n) is 12.9. The van der Waals surface area contributed by atoms with Crippen molar-refractivity contribution in [3.05, 3.63) is 59.9 Å². The van der Waals surface area contributed by atoms with Gasteiger partial charge in [-0.2, -0.15) is 5.26 Å². The van der Waals surface area contributed by atoms with Crippen LogP contribution in [0.15, 0.2) is 42.9 Å². The summed E-state index contributed by atoms with van der Waals surface area (Å²) >= 11 is 0. The summed E-state index contributed by atoms with van der Waals surface area (Å²) < 4.78 is 22.9. The van der Waals surface area contributed by atoms with Gasteiger partial charge in [-0.05, 0) is 57.1 Å². The van der Waals surface area contributed by atoms with Gasteiger partial charge in [0.1, 0.15) is 18.2 Å². The van der Waals surface area contributed by atoms with Crippen molar-refractivity contribution in [2.75, 3.05) is 43.4 Å². The van der Waals surface area contributed by atoms with Gasteiger partial charge < -0.3 is 19.9 Å². The molecule has 10 nitrogen and oxygen atoms in total. The SMILES string of the molecule is Cc1cc2c(F)c(Oc3ncnc(Nc4ccc(N5CCN(C)CC5)cn4)c3C#N)ccc2n1C(=O)C1CC1. The zero-order valence-corrected chi connectivity index (χ0v) is 21.7. The Balaban J connectivity index is 1.24. The molecule has 198 valence electrons. The highest BCUT2D eigenvalue weighted by atomic mass is 19.1. The van der Waals surface area contributed by atoms with Crippen LogP contribution in [0.2, 0.25) is 0 Å². The molecule has 1 saturated heterocycles. The Kier molecular flexibility index (Phi) is 6.32. The smallest absolute Gasteiger partial charge is 0.242 e. The van der Waals surface area contributed by atoms with Crippen molar-refractivity contribution in [2.45, 2.75) is 19.8 Å². The van der Waals surface area contributed by atoms with Gasteiger partial charge in [-0.25, -0.2) is 19.3 Å². The molecule has 1 saturated carbocycles. The predicted molar refractivity (Wildman–Crippen MR) is 144 cm³/mol. The lowest BCUT2D eigenvalue weighted by Crippen LogP contribution is -2.44. The molecule has 1 N–H and O–H groups in total. The second-order valence-electron chi connectivity index (χ2n) is 9.98. The van der Waals surface area contributed by atoms with E-state index in [1.807, 2.05) is 12.1 Å². The summed E-state index contributed by atoms with van der Waals surface area (Å²) in [5, 5.41) is 13.2. The molecule has 3 aromatic heterocycles. The fourth-order valence-electron chi connectivity index (χ4n) is 4.82. The molecule has 0 amide bonds. The third-order valence-corrected chi connectivity index (χ3v) is 7.21. The second kappa shape index (κ2) is 9.96. The monoisotopic (exact) mass is 526 g/mol. The van der Waals surface area contributed by atoms with Crippen LogP contribution in [-0.2, 0) is 0 Å². The molecule has 2 aliphatic rings. The van der Waals surface area contributed by atoms with Gasteiger partial charge in [0.2, 0.25) is 11.8 Å². The maximum absolute atomic E-state index is 15.5. The molecule has 1 aliphatic heterocycles. The highest BCUT2D eigenvalue weighted by Crippen LogP contribution is 2.37. The minimum atomic E-state index is -0.629. The minimum absolute atomic E-state index is 0.000826. The number of hydrogen-bond acceptors (Lipinski definition) is 9. The Labute approximate surface area is 224 Å². The first-order chi connectivity index (χ1) is 18.9. The molecule has 0 atom stereocenters. The molecule has 0 spiro atoms. The lowest BCUT2D eigenvalue weighted by Gasteiger charge is -2.33. The number of fused-ring (bicyclic) bond motifs is 1. The molecule has 0 bridgehead atoms. The number of nitrogens with zero attached hydrogens (tertiary/aromatic N) is 7. The molecule has 11 heteroatoms. The van der Waals surface area contributed by atoms with Gasteiger partial charge in [-0.3, -0.25) is 9.36 Å². The van der Waals surface area contributed by atoms with E-state index < -0.39 is 5.82 Å². The number of nitriles is 1. The highest BCUT2D eigenvalue weighted by Gasteiger charge is 2.32. The molecule has 4 aromatic rings. The van der Waals surface area contributed by atoms with Crippen molar-refractivity contribution < 1.29 is 13.9 Å². The van der Waals surface area contributed by atoms with Gasteiger partial charge >= 0.3 is 0 Å². The molecule has 4 heterocycles. The van der Waals surface area contributed by atoms with Crippen molar-refractivity contribution in [2.24, 2.45) is 5.92 Å². The van der Waals surface area contributed by atoms with Crippen molar-refractivity contribution in [1.29, 1.82) is 5.26 Å². The fraction of sp³-hybridized carbons (Fsp3) is 0.321. The number of aromatic nitrogens is 4. The number of carbonyl (C=O) groups is 1. The summed E-state index contributed by atoms with van der Waals surface area (Å²) in [6.45, 7) is 5.63. The van der Waals surface area contributed by atoms with E-state index in [1.165, 1.54) is 12.4 Å². The van der Waals surface area contributed by atoms with Crippen molar-refractivity contribution in [3.8, 4) is 17.7 Å². The van der Waals surface area contributed by atoms with Crippen LogP contribution in [0, 0.1) is 30.0 Å². The summed E-state index contributed by atoms with van der Waals surface area (Å²) in [7, 11) is 2.11. The van der Waals surface area contributed by atoms with Crippen LogP contribution < -0.4 is 15.0 Å². The van der Waals surface area contributed by atoms with Crippen LogP contribution in [0.1, 0.15) is 28.9 Å². The van der Waals surface area contributed by atoms with E-state index in [2.05, 4.69) is 43.2 Å². The summed E-state index contributed by atoms with van der Waals surface area (Å²) in [5.74, 6) is -0.141. The van der Waals surface area contributed by atoms with Gasteiger partial charge in [0.25, 0.3) is 0 Å².